The number of hydrogen-bond acceptors (Lipinski definition) is 6. The average Bonchev–Trinajstić information content (AvgIpc) is 2.68. The van der Waals surface area contributed by atoms with E-state index in [1.54, 1.807) is 31.4 Å². The second kappa shape index (κ2) is 8.03. The molecule has 2 aromatic carbocycles. The van der Waals surface area contributed by atoms with Crippen LogP contribution in [0, 0.1) is 0 Å². The van der Waals surface area contributed by atoms with Gasteiger partial charge in [-0.25, -0.2) is 9.97 Å². The summed E-state index contributed by atoms with van der Waals surface area (Å²) >= 11 is 0. The quantitative estimate of drug-likeness (QED) is 0.617. The van der Waals surface area contributed by atoms with Crippen molar-refractivity contribution < 1.29 is 22.6 Å². The number of halogens is 3. The lowest BCUT2D eigenvalue weighted by Gasteiger charge is -2.13. The fraction of sp³-hybridized carbons (Fsp3) is 0.158. The van der Waals surface area contributed by atoms with Gasteiger partial charge in [-0.15, -0.1) is 0 Å². The van der Waals surface area contributed by atoms with Gasteiger partial charge in [0.05, 0.1) is 25.5 Å². The molecule has 0 aliphatic heterocycles. The molecule has 1 aromatic heterocycles. The highest BCUT2D eigenvalue weighted by Gasteiger charge is 2.30. The summed E-state index contributed by atoms with van der Waals surface area (Å²) in [6.07, 6.45) is -3.12. The van der Waals surface area contributed by atoms with Crippen molar-refractivity contribution >= 4 is 23.0 Å². The predicted molar refractivity (Wildman–Crippen MR) is 99.6 cm³/mol. The highest BCUT2D eigenvalue weighted by atomic mass is 19.4. The molecule has 0 radical (unpaired) electrons. The number of anilines is 4. The number of methoxy groups -OCH3 is 2. The maximum absolute atomic E-state index is 12.9. The van der Waals surface area contributed by atoms with Crippen LogP contribution in [0.3, 0.4) is 0 Å². The summed E-state index contributed by atoms with van der Waals surface area (Å²) in [4.78, 5) is 8.17. The Morgan fingerprint density at radius 1 is 0.857 bits per heavy atom. The van der Waals surface area contributed by atoms with Gasteiger partial charge in [-0.1, -0.05) is 6.07 Å². The summed E-state index contributed by atoms with van der Waals surface area (Å²) in [7, 11) is 3.08. The van der Waals surface area contributed by atoms with Crippen molar-refractivity contribution in [1.29, 1.82) is 0 Å². The number of benzene rings is 2. The molecule has 0 aliphatic carbocycles. The van der Waals surface area contributed by atoms with Gasteiger partial charge in [0, 0.05) is 17.8 Å². The first-order valence-electron chi connectivity index (χ1n) is 8.14. The number of nitrogens with one attached hydrogen (secondary N) is 2. The lowest BCUT2D eigenvalue weighted by molar-refractivity contribution is -0.137. The normalized spacial score (nSPS) is 11.0. The van der Waals surface area contributed by atoms with E-state index in [1.165, 1.54) is 25.6 Å². The zero-order valence-electron chi connectivity index (χ0n) is 15.0. The Balaban J connectivity index is 1.82. The number of aromatic nitrogens is 2. The summed E-state index contributed by atoms with van der Waals surface area (Å²) in [6, 6.07) is 11.7. The van der Waals surface area contributed by atoms with Crippen LogP contribution in [-0.2, 0) is 6.18 Å². The van der Waals surface area contributed by atoms with Crippen molar-refractivity contribution in [2.24, 2.45) is 0 Å². The molecule has 9 heteroatoms. The molecule has 0 bridgehead atoms. The molecule has 6 nitrogen and oxygen atoms in total. The lowest BCUT2D eigenvalue weighted by Crippen LogP contribution is -2.05. The number of hydrogen-bond donors (Lipinski definition) is 2. The smallest absolute Gasteiger partial charge is 0.416 e. The predicted octanol–water partition coefficient (Wildman–Crippen LogP) is 5.00. The number of nitrogens with zero attached hydrogens (tertiary/aromatic N) is 2. The third-order valence-electron chi connectivity index (χ3n) is 3.80. The fourth-order valence-electron chi connectivity index (χ4n) is 2.46. The Morgan fingerprint density at radius 3 is 2.29 bits per heavy atom. The van der Waals surface area contributed by atoms with E-state index in [-0.39, 0.29) is 5.69 Å². The Labute approximate surface area is 159 Å². The molecule has 0 saturated carbocycles. The van der Waals surface area contributed by atoms with Crippen LogP contribution in [0.1, 0.15) is 5.56 Å². The van der Waals surface area contributed by atoms with Gasteiger partial charge >= 0.3 is 6.18 Å². The number of ether oxygens (including phenoxy) is 2. The Morgan fingerprint density at radius 2 is 1.61 bits per heavy atom. The highest BCUT2D eigenvalue weighted by Crippen LogP contribution is 2.33. The molecule has 28 heavy (non-hydrogen) atoms. The van der Waals surface area contributed by atoms with Crippen LogP contribution in [-0.4, -0.2) is 24.2 Å². The van der Waals surface area contributed by atoms with Crippen molar-refractivity contribution in [3.8, 4) is 11.5 Å². The molecular formula is C19H17F3N4O2. The average molecular weight is 390 g/mol. The van der Waals surface area contributed by atoms with Gasteiger partial charge in [0.15, 0.2) is 0 Å². The van der Waals surface area contributed by atoms with Gasteiger partial charge in [-0.05, 0) is 30.3 Å². The van der Waals surface area contributed by atoms with Crippen molar-refractivity contribution in [2.75, 3.05) is 24.9 Å². The number of rotatable bonds is 6. The largest absolute Gasteiger partial charge is 0.497 e. The molecule has 0 amide bonds. The lowest BCUT2D eigenvalue weighted by atomic mass is 10.2. The van der Waals surface area contributed by atoms with Crippen LogP contribution in [0.4, 0.5) is 36.2 Å². The summed E-state index contributed by atoms with van der Waals surface area (Å²) in [5.41, 5.74) is 0.134. The van der Waals surface area contributed by atoms with Crippen molar-refractivity contribution in [3.63, 3.8) is 0 Å². The zero-order valence-corrected chi connectivity index (χ0v) is 15.0. The third kappa shape index (κ3) is 4.61. The van der Waals surface area contributed by atoms with E-state index in [4.69, 9.17) is 9.47 Å². The Kier molecular flexibility index (Phi) is 5.53. The van der Waals surface area contributed by atoms with E-state index < -0.39 is 11.7 Å². The molecule has 146 valence electrons. The molecule has 0 aliphatic rings. The molecule has 3 rings (SSSR count). The molecule has 3 aromatic rings. The molecular weight excluding hydrogens is 373 g/mol. The van der Waals surface area contributed by atoms with Gasteiger partial charge in [0.1, 0.15) is 29.5 Å². The first kappa shape index (κ1) is 19.3. The van der Waals surface area contributed by atoms with Crippen molar-refractivity contribution in [3.05, 3.63) is 60.4 Å². The highest BCUT2D eigenvalue weighted by molar-refractivity contribution is 5.68. The molecule has 2 N–H and O–H groups in total. The van der Waals surface area contributed by atoms with E-state index in [9.17, 15) is 13.2 Å². The van der Waals surface area contributed by atoms with E-state index in [0.29, 0.717) is 28.8 Å². The monoisotopic (exact) mass is 390 g/mol. The summed E-state index contributed by atoms with van der Waals surface area (Å²) in [6.45, 7) is 0. The van der Waals surface area contributed by atoms with E-state index >= 15 is 0 Å². The molecule has 0 spiro atoms. The molecule has 0 unspecified atom stereocenters. The van der Waals surface area contributed by atoms with Crippen molar-refractivity contribution in [2.45, 2.75) is 6.18 Å². The van der Waals surface area contributed by atoms with Crippen molar-refractivity contribution in [1.82, 2.24) is 9.97 Å². The van der Waals surface area contributed by atoms with Crippen LogP contribution in [0.5, 0.6) is 11.5 Å². The van der Waals surface area contributed by atoms with Gasteiger partial charge in [0.2, 0.25) is 0 Å². The Hall–Kier alpha value is -3.49. The van der Waals surface area contributed by atoms with Gasteiger partial charge < -0.3 is 20.1 Å². The maximum Gasteiger partial charge on any atom is 0.416 e. The molecule has 0 saturated heterocycles. The minimum atomic E-state index is -4.42. The summed E-state index contributed by atoms with van der Waals surface area (Å²) in [5, 5.41) is 5.93. The van der Waals surface area contributed by atoms with Gasteiger partial charge in [-0.3, -0.25) is 0 Å². The summed E-state index contributed by atoms with van der Waals surface area (Å²) in [5.74, 6) is 1.96. The molecule has 0 fully saturated rings. The maximum atomic E-state index is 12.9. The van der Waals surface area contributed by atoms with Crippen LogP contribution < -0.4 is 20.1 Å². The third-order valence-corrected chi connectivity index (χ3v) is 3.80. The standard InChI is InChI=1S/C19H17F3N4O2/c1-27-14-6-7-16(28-2)15(9-14)26-18-10-17(23-11-24-18)25-13-5-3-4-12(8-13)19(20,21)22/h3-11H,1-2H3,(H2,23,24,25,26). The zero-order chi connectivity index (χ0) is 20.1. The SMILES string of the molecule is COc1ccc(OC)c(Nc2cc(Nc3cccc(C(F)(F)F)c3)ncn2)c1. The topological polar surface area (TPSA) is 68.3 Å². The molecule has 0 atom stereocenters. The second-order valence-corrected chi connectivity index (χ2v) is 5.68. The Bertz CT molecular complexity index is 964. The second-order valence-electron chi connectivity index (χ2n) is 5.68. The minimum absolute atomic E-state index is 0.262. The minimum Gasteiger partial charge on any atom is -0.497 e. The van der Waals surface area contributed by atoms with E-state index in [2.05, 4.69) is 20.6 Å². The first-order valence-corrected chi connectivity index (χ1v) is 8.14. The van der Waals surface area contributed by atoms with E-state index in [1.807, 2.05) is 0 Å². The van der Waals surface area contributed by atoms with Gasteiger partial charge in [-0.2, -0.15) is 13.2 Å². The summed E-state index contributed by atoms with van der Waals surface area (Å²) < 4.78 is 49.1. The van der Waals surface area contributed by atoms with Gasteiger partial charge in [0.25, 0.3) is 0 Å². The van der Waals surface area contributed by atoms with Crippen LogP contribution in [0.15, 0.2) is 54.9 Å². The van der Waals surface area contributed by atoms with E-state index in [0.717, 1.165) is 12.1 Å². The number of alkyl halides is 3. The first-order chi connectivity index (χ1) is 13.4. The van der Waals surface area contributed by atoms with Crippen LogP contribution in [0.25, 0.3) is 0 Å². The fourth-order valence-corrected chi connectivity index (χ4v) is 2.46. The molecule has 1 heterocycles. The van der Waals surface area contributed by atoms with Crippen LogP contribution >= 0.6 is 0 Å². The van der Waals surface area contributed by atoms with Crippen LogP contribution in [0.2, 0.25) is 0 Å².